The van der Waals surface area contributed by atoms with Crippen LogP contribution in [0.3, 0.4) is 0 Å². The highest BCUT2D eigenvalue weighted by molar-refractivity contribution is 9.10. The van der Waals surface area contributed by atoms with Crippen molar-refractivity contribution in [2.45, 2.75) is 12.8 Å². The van der Waals surface area contributed by atoms with Gasteiger partial charge in [-0.05, 0) is 24.1 Å². The standard InChI is InChI=1S/C10H10BrNO/c1-12-9-4-2-3-8(11)7(9)5-6-10(12)13/h2-4H,5-6H2,1H3. The van der Waals surface area contributed by atoms with Gasteiger partial charge in [-0.2, -0.15) is 0 Å². The lowest BCUT2D eigenvalue weighted by atomic mass is 10.0. The molecule has 1 amide bonds. The van der Waals surface area contributed by atoms with Gasteiger partial charge in [0.2, 0.25) is 5.91 Å². The van der Waals surface area contributed by atoms with Gasteiger partial charge < -0.3 is 4.90 Å². The monoisotopic (exact) mass is 239 g/mol. The second-order valence-electron chi connectivity index (χ2n) is 3.19. The Labute approximate surface area is 85.7 Å². The molecule has 0 spiro atoms. The number of halogens is 1. The Kier molecular flexibility index (Phi) is 2.12. The summed E-state index contributed by atoms with van der Waals surface area (Å²) in [6.45, 7) is 0. The van der Waals surface area contributed by atoms with Crippen molar-refractivity contribution in [3.05, 3.63) is 28.2 Å². The van der Waals surface area contributed by atoms with Crippen LogP contribution in [-0.4, -0.2) is 13.0 Å². The molecule has 1 heterocycles. The largest absolute Gasteiger partial charge is 0.315 e. The Bertz CT molecular complexity index is 362. The van der Waals surface area contributed by atoms with Gasteiger partial charge in [0.1, 0.15) is 0 Å². The summed E-state index contributed by atoms with van der Waals surface area (Å²) in [4.78, 5) is 13.1. The average molecular weight is 240 g/mol. The lowest BCUT2D eigenvalue weighted by Gasteiger charge is -2.26. The summed E-state index contributed by atoms with van der Waals surface area (Å²) in [7, 11) is 1.83. The summed E-state index contributed by atoms with van der Waals surface area (Å²) < 4.78 is 1.10. The van der Waals surface area contributed by atoms with Gasteiger partial charge >= 0.3 is 0 Å². The van der Waals surface area contributed by atoms with Crippen LogP contribution in [0.15, 0.2) is 22.7 Å². The Morgan fingerprint density at radius 1 is 1.38 bits per heavy atom. The van der Waals surface area contributed by atoms with Crippen molar-refractivity contribution in [1.82, 2.24) is 0 Å². The molecule has 0 N–H and O–H groups in total. The highest BCUT2D eigenvalue weighted by Gasteiger charge is 2.21. The maximum Gasteiger partial charge on any atom is 0.227 e. The topological polar surface area (TPSA) is 20.3 Å². The van der Waals surface area contributed by atoms with Gasteiger partial charge in [-0.15, -0.1) is 0 Å². The van der Waals surface area contributed by atoms with Gasteiger partial charge in [-0.1, -0.05) is 22.0 Å². The highest BCUT2D eigenvalue weighted by atomic mass is 79.9. The number of amides is 1. The summed E-state index contributed by atoms with van der Waals surface area (Å²) in [5, 5.41) is 0. The predicted molar refractivity (Wildman–Crippen MR) is 55.9 cm³/mol. The first-order valence-corrected chi connectivity index (χ1v) is 5.03. The van der Waals surface area contributed by atoms with Crippen LogP contribution >= 0.6 is 15.9 Å². The summed E-state index contributed by atoms with van der Waals surface area (Å²) in [6.07, 6.45) is 1.46. The number of anilines is 1. The zero-order chi connectivity index (χ0) is 9.42. The van der Waals surface area contributed by atoms with E-state index in [1.807, 2.05) is 25.2 Å². The first kappa shape index (κ1) is 8.75. The Balaban J connectivity index is 2.55. The fourth-order valence-electron chi connectivity index (χ4n) is 1.64. The molecule has 0 saturated heterocycles. The Morgan fingerprint density at radius 2 is 2.15 bits per heavy atom. The van der Waals surface area contributed by atoms with E-state index >= 15 is 0 Å². The molecule has 0 radical (unpaired) electrons. The van der Waals surface area contributed by atoms with Crippen molar-refractivity contribution in [3.8, 4) is 0 Å². The third-order valence-corrected chi connectivity index (χ3v) is 3.16. The fourth-order valence-corrected chi connectivity index (χ4v) is 2.20. The second-order valence-corrected chi connectivity index (χ2v) is 4.04. The molecule has 1 aliphatic rings. The van der Waals surface area contributed by atoms with Crippen molar-refractivity contribution >= 4 is 27.5 Å². The zero-order valence-corrected chi connectivity index (χ0v) is 8.97. The van der Waals surface area contributed by atoms with Crippen molar-refractivity contribution in [2.75, 3.05) is 11.9 Å². The Morgan fingerprint density at radius 3 is 2.92 bits per heavy atom. The smallest absolute Gasteiger partial charge is 0.227 e. The van der Waals surface area contributed by atoms with Crippen LogP contribution in [0.25, 0.3) is 0 Å². The second kappa shape index (κ2) is 3.14. The first-order valence-electron chi connectivity index (χ1n) is 4.24. The number of nitrogens with zero attached hydrogens (tertiary/aromatic N) is 1. The molecule has 2 rings (SSSR count). The molecular formula is C10H10BrNO. The van der Waals surface area contributed by atoms with Crippen molar-refractivity contribution in [1.29, 1.82) is 0 Å². The minimum atomic E-state index is 0.200. The number of carbonyl (C=O) groups is 1. The van der Waals surface area contributed by atoms with Crippen LogP contribution in [-0.2, 0) is 11.2 Å². The normalized spacial score (nSPS) is 15.8. The molecule has 1 aromatic rings. The van der Waals surface area contributed by atoms with Crippen LogP contribution in [0.2, 0.25) is 0 Å². The van der Waals surface area contributed by atoms with Gasteiger partial charge in [-0.25, -0.2) is 0 Å². The van der Waals surface area contributed by atoms with Gasteiger partial charge in [0.05, 0.1) is 0 Å². The minimum absolute atomic E-state index is 0.200. The maximum absolute atomic E-state index is 11.4. The first-order chi connectivity index (χ1) is 6.20. The lowest BCUT2D eigenvalue weighted by molar-refractivity contribution is -0.118. The number of fused-ring (bicyclic) bond motifs is 1. The summed E-state index contributed by atoms with van der Waals surface area (Å²) >= 11 is 3.49. The quantitative estimate of drug-likeness (QED) is 0.681. The molecule has 0 bridgehead atoms. The number of benzene rings is 1. The molecule has 68 valence electrons. The minimum Gasteiger partial charge on any atom is -0.315 e. The molecule has 2 nitrogen and oxygen atoms in total. The molecule has 13 heavy (non-hydrogen) atoms. The van der Waals surface area contributed by atoms with Crippen molar-refractivity contribution in [2.24, 2.45) is 0 Å². The third-order valence-electron chi connectivity index (χ3n) is 2.42. The molecule has 0 aliphatic carbocycles. The summed E-state index contributed by atoms with van der Waals surface area (Å²) in [5.74, 6) is 0.200. The van der Waals surface area contributed by atoms with E-state index in [0.29, 0.717) is 6.42 Å². The summed E-state index contributed by atoms with van der Waals surface area (Å²) in [5.41, 5.74) is 2.27. The lowest BCUT2D eigenvalue weighted by Crippen LogP contribution is -2.31. The number of hydrogen-bond acceptors (Lipinski definition) is 1. The maximum atomic E-state index is 11.4. The average Bonchev–Trinajstić information content (AvgIpc) is 2.12. The van der Waals surface area contributed by atoms with Crippen molar-refractivity contribution in [3.63, 3.8) is 0 Å². The van der Waals surface area contributed by atoms with Crippen LogP contribution in [0.1, 0.15) is 12.0 Å². The molecule has 0 aromatic heterocycles. The van der Waals surface area contributed by atoms with E-state index in [0.717, 1.165) is 16.6 Å². The zero-order valence-electron chi connectivity index (χ0n) is 7.38. The van der Waals surface area contributed by atoms with Crippen LogP contribution in [0, 0.1) is 0 Å². The van der Waals surface area contributed by atoms with E-state index in [2.05, 4.69) is 15.9 Å². The van der Waals surface area contributed by atoms with Crippen LogP contribution in [0.4, 0.5) is 5.69 Å². The molecule has 0 unspecified atom stereocenters. The van der Waals surface area contributed by atoms with E-state index in [4.69, 9.17) is 0 Å². The van der Waals surface area contributed by atoms with E-state index < -0.39 is 0 Å². The molecule has 0 atom stereocenters. The van der Waals surface area contributed by atoms with E-state index in [9.17, 15) is 4.79 Å². The highest BCUT2D eigenvalue weighted by Crippen LogP contribution is 2.31. The SMILES string of the molecule is CN1C(=O)CCc2c(Br)cccc21. The molecule has 1 aliphatic heterocycles. The molecule has 1 aromatic carbocycles. The van der Waals surface area contributed by atoms with E-state index in [1.165, 1.54) is 5.56 Å². The van der Waals surface area contributed by atoms with Crippen LogP contribution in [0.5, 0.6) is 0 Å². The molecule has 0 fully saturated rings. The van der Waals surface area contributed by atoms with Gasteiger partial charge in [0.25, 0.3) is 0 Å². The van der Waals surface area contributed by atoms with Gasteiger partial charge in [-0.3, -0.25) is 4.79 Å². The van der Waals surface area contributed by atoms with Crippen molar-refractivity contribution < 1.29 is 4.79 Å². The number of hydrogen-bond donors (Lipinski definition) is 0. The van der Waals surface area contributed by atoms with Gasteiger partial charge in [0.15, 0.2) is 0 Å². The van der Waals surface area contributed by atoms with Crippen LogP contribution < -0.4 is 4.90 Å². The molecular weight excluding hydrogens is 230 g/mol. The van der Waals surface area contributed by atoms with E-state index in [1.54, 1.807) is 4.90 Å². The number of carbonyl (C=O) groups excluding carboxylic acids is 1. The number of rotatable bonds is 0. The third kappa shape index (κ3) is 1.37. The Hall–Kier alpha value is -0.830. The van der Waals surface area contributed by atoms with E-state index in [-0.39, 0.29) is 5.91 Å². The molecule has 3 heteroatoms. The predicted octanol–water partition coefficient (Wildman–Crippen LogP) is 2.36. The molecule has 0 saturated carbocycles. The fraction of sp³-hybridized carbons (Fsp3) is 0.300. The summed E-state index contributed by atoms with van der Waals surface area (Å²) in [6, 6.07) is 5.96. The van der Waals surface area contributed by atoms with Gasteiger partial charge in [0, 0.05) is 23.6 Å².